The van der Waals surface area contributed by atoms with Crippen LogP contribution in [0.5, 0.6) is 0 Å². The van der Waals surface area contributed by atoms with Crippen molar-refractivity contribution in [2.24, 2.45) is 0 Å². The molecule has 2 aliphatic heterocycles. The molecule has 2 amide bonds. The first-order valence-corrected chi connectivity index (χ1v) is 13.5. The molecule has 2 aliphatic rings. The van der Waals surface area contributed by atoms with Crippen LogP contribution in [0.2, 0.25) is 0 Å². The first-order valence-electron chi connectivity index (χ1n) is 10.6. The van der Waals surface area contributed by atoms with E-state index in [0.29, 0.717) is 3.80 Å². The van der Waals surface area contributed by atoms with Crippen LogP contribution in [-0.4, -0.2) is 75.8 Å². The van der Waals surface area contributed by atoms with Gasteiger partial charge in [-0.2, -0.15) is 0 Å². The number of fused-ring (bicyclic) bond motifs is 2. The van der Waals surface area contributed by atoms with Crippen LogP contribution < -0.4 is 4.90 Å². The summed E-state index contributed by atoms with van der Waals surface area (Å²) in [5.41, 5.74) is 5.08. The Labute approximate surface area is 212 Å². The third kappa shape index (κ3) is 3.46. The number of anilines is 3. The van der Waals surface area contributed by atoms with E-state index >= 15 is 0 Å². The van der Waals surface area contributed by atoms with Gasteiger partial charge >= 0.3 is 213 Å². The molecule has 1 fully saturated rings. The quantitative estimate of drug-likeness (QED) is 0.252. The Morgan fingerprint density at radius 2 is 1.33 bits per heavy atom. The molecular formula is C26H23N3O2SeTe. The predicted molar refractivity (Wildman–Crippen MR) is 134 cm³/mol. The molecule has 5 nitrogen and oxygen atoms in total. The van der Waals surface area contributed by atoms with E-state index in [4.69, 9.17) is 0 Å². The zero-order valence-electron chi connectivity index (χ0n) is 18.8. The fourth-order valence-electron chi connectivity index (χ4n) is 4.56. The van der Waals surface area contributed by atoms with Gasteiger partial charge in [-0.15, -0.1) is 0 Å². The van der Waals surface area contributed by atoms with Crippen LogP contribution in [0.3, 0.4) is 0 Å². The maximum atomic E-state index is 12.8. The number of likely N-dealkylation sites (N-methyl/N-ethyl adjacent to an activating group) is 2. The molecule has 0 spiro atoms. The van der Waals surface area contributed by atoms with Gasteiger partial charge in [-0.25, -0.2) is 0 Å². The van der Waals surface area contributed by atoms with Crippen molar-refractivity contribution in [3.8, 4) is 0 Å². The summed E-state index contributed by atoms with van der Waals surface area (Å²) in [6, 6.07) is 21.3. The van der Waals surface area contributed by atoms with Crippen LogP contribution in [0.15, 0.2) is 66.2 Å². The van der Waals surface area contributed by atoms with E-state index in [0.717, 1.165) is 4.44 Å². The number of amides is 2. The molecule has 0 aliphatic carbocycles. The number of hydrogen-bond acceptors (Lipinski definition) is 3. The SMILES string of the molecule is CN1C(=O)C(=Cc2ccc(N3c4ccccc4C(C)(C)c4ccccc43)[se]2)C(=O)N(C)C1=[Te]. The molecule has 1 saturated heterocycles. The Balaban J connectivity index is 1.61. The minimum absolute atomic E-state index is 0.0523. The third-order valence-corrected chi connectivity index (χ3v) is 10.1. The van der Waals surface area contributed by atoms with E-state index in [1.807, 2.05) is 6.07 Å². The van der Waals surface area contributed by atoms with E-state index < -0.39 is 0 Å². The average Bonchev–Trinajstić information content (AvgIpc) is 3.28. The zero-order valence-corrected chi connectivity index (χ0v) is 22.9. The van der Waals surface area contributed by atoms with E-state index in [9.17, 15) is 9.59 Å². The van der Waals surface area contributed by atoms with Gasteiger partial charge in [0.1, 0.15) is 0 Å². The Hall–Kier alpha value is -2.42. The Bertz CT molecular complexity index is 1280. The van der Waals surface area contributed by atoms with Gasteiger partial charge in [0.2, 0.25) is 0 Å². The molecule has 33 heavy (non-hydrogen) atoms. The summed E-state index contributed by atoms with van der Waals surface area (Å²) in [6.07, 6.45) is 1.78. The van der Waals surface area contributed by atoms with Crippen LogP contribution >= 0.6 is 0 Å². The molecule has 0 saturated carbocycles. The number of benzene rings is 2. The van der Waals surface area contributed by atoms with Crippen molar-refractivity contribution in [3.63, 3.8) is 0 Å². The predicted octanol–water partition coefficient (Wildman–Crippen LogP) is 3.42. The van der Waals surface area contributed by atoms with Crippen molar-refractivity contribution >= 4 is 74.0 Å². The number of nitrogens with zero attached hydrogens (tertiary/aromatic N) is 3. The van der Waals surface area contributed by atoms with Crippen molar-refractivity contribution in [2.75, 3.05) is 19.0 Å². The molecular weight excluding hydrogens is 593 g/mol. The average molecular weight is 616 g/mol. The van der Waals surface area contributed by atoms with E-state index in [-0.39, 0.29) is 37.3 Å². The molecule has 7 heteroatoms. The molecule has 0 atom stereocenters. The van der Waals surface area contributed by atoms with Crippen LogP contribution in [0.1, 0.15) is 29.4 Å². The van der Waals surface area contributed by atoms with Gasteiger partial charge in [-0.1, -0.05) is 0 Å². The minimum atomic E-state index is -0.251. The van der Waals surface area contributed by atoms with Gasteiger partial charge in [0, 0.05) is 0 Å². The Kier molecular flexibility index (Phi) is 5.50. The fraction of sp³-hybridized carbons (Fsp3) is 0.192. The van der Waals surface area contributed by atoms with Crippen LogP contribution in [0.25, 0.3) is 6.08 Å². The first-order chi connectivity index (χ1) is 15.7. The van der Waals surface area contributed by atoms with Crippen LogP contribution in [0.4, 0.5) is 15.9 Å². The topological polar surface area (TPSA) is 43.9 Å². The summed E-state index contributed by atoms with van der Waals surface area (Å²) in [5, 5.41) is 0. The molecule has 166 valence electrons. The van der Waals surface area contributed by atoms with Gasteiger partial charge in [-0.3, -0.25) is 0 Å². The summed E-state index contributed by atoms with van der Waals surface area (Å²) in [4.78, 5) is 31.0. The van der Waals surface area contributed by atoms with E-state index in [2.05, 4.69) is 73.3 Å². The number of hydrogen-bond donors (Lipinski definition) is 0. The summed E-state index contributed by atoms with van der Waals surface area (Å²) in [5.74, 6) is -0.502. The molecule has 1 aromatic heterocycles. The summed E-state index contributed by atoms with van der Waals surface area (Å²) in [6.45, 7) is 4.55. The first kappa shape index (κ1) is 22.4. The Morgan fingerprint density at radius 3 is 1.88 bits per heavy atom. The second-order valence-corrected chi connectivity index (χ2v) is 12.1. The molecule has 0 N–H and O–H groups in total. The molecule has 0 radical (unpaired) electrons. The molecule has 0 bridgehead atoms. The summed E-state index contributed by atoms with van der Waals surface area (Å²) < 4.78 is 2.84. The van der Waals surface area contributed by atoms with E-state index in [1.54, 1.807) is 42.0 Å². The monoisotopic (exact) mass is 619 g/mol. The molecule has 0 unspecified atom stereocenters. The van der Waals surface area contributed by atoms with Gasteiger partial charge < -0.3 is 0 Å². The van der Waals surface area contributed by atoms with Gasteiger partial charge in [-0.05, 0) is 0 Å². The van der Waals surface area contributed by atoms with Crippen molar-refractivity contribution in [1.29, 1.82) is 0 Å². The molecule has 2 aromatic carbocycles. The van der Waals surface area contributed by atoms with Crippen molar-refractivity contribution in [1.82, 2.24) is 9.80 Å². The normalized spacial score (nSPS) is 17.3. The van der Waals surface area contributed by atoms with Crippen molar-refractivity contribution < 1.29 is 9.59 Å². The number of carbonyl (C=O) groups excluding carboxylic acids is 2. The summed E-state index contributed by atoms with van der Waals surface area (Å²) in [7, 11) is 3.41. The number of para-hydroxylation sites is 2. The van der Waals surface area contributed by atoms with Crippen molar-refractivity contribution in [3.05, 3.63) is 81.8 Å². The van der Waals surface area contributed by atoms with Gasteiger partial charge in [0.15, 0.2) is 0 Å². The van der Waals surface area contributed by atoms with Gasteiger partial charge in [0.25, 0.3) is 0 Å². The standard InChI is InChI=1S/C26H23N3O2SeTe/c1-26(2)18-9-5-7-11-20(18)29(21-12-8-6-10-19(21)26)22-14-13-16(32-22)15-17-23(30)27(3)25(33)28(4)24(17)31/h5-15H,1-4H3. The maximum absolute atomic E-state index is 12.8. The number of rotatable bonds is 2. The molecule has 3 heterocycles. The Morgan fingerprint density at radius 1 is 0.818 bits per heavy atom. The van der Waals surface area contributed by atoms with Gasteiger partial charge in [0.05, 0.1) is 0 Å². The van der Waals surface area contributed by atoms with Crippen molar-refractivity contribution in [2.45, 2.75) is 19.3 Å². The zero-order chi connectivity index (χ0) is 23.5. The van der Waals surface area contributed by atoms with Crippen LogP contribution in [-0.2, 0) is 15.0 Å². The third-order valence-electron chi connectivity index (χ3n) is 6.40. The molecule has 5 rings (SSSR count). The second kappa shape index (κ2) is 8.11. The van der Waals surface area contributed by atoms with Crippen LogP contribution in [0, 0.1) is 0 Å². The fourth-order valence-corrected chi connectivity index (χ4v) is 7.09. The second-order valence-electron chi connectivity index (χ2n) is 8.74. The number of carbonyl (C=O) groups is 2. The molecule has 3 aromatic rings. The van der Waals surface area contributed by atoms with E-state index in [1.165, 1.54) is 36.9 Å². The summed E-state index contributed by atoms with van der Waals surface area (Å²) >= 11 is 1.64.